The molecule has 0 amide bonds. The lowest BCUT2D eigenvalue weighted by Gasteiger charge is -2.20. The van der Waals surface area contributed by atoms with Crippen LogP contribution < -0.4 is 0 Å². The highest BCUT2D eigenvalue weighted by atomic mass is 32.1. The van der Waals surface area contributed by atoms with Crippen LogP contribution in [0.4, 0.5) is 0 Å². The third kappa shape index (κ3) is 2.38. The minimum Gasteiger partial charge on any atom is -0.388 e. The molecule has 15 heavy (non-hydrogen) atoms. The van der Waals surface area contributed by atoms with E-state index in [-0.39, 0.29) is 0 Å². The molecule has 2 rings (SSSR count). The van der Waals surface area contributed by atoms with Gasteiger partial charge in [0.15, 0.2) is 0 Å². The van der Waals surface area contributed by atoms with Gasteiger partial charge in [-0.25, -0.2) is 4.98 Å². The van der Waals surface area contributed by atoms with Crippen molar-refractivity contribution in [1.82, 2.24) is 9.88 Å². The van der Waals surface area contributed by atoms with Gasteiger partial charge in [-0.05, 0) is 27.3 Å². The molecular formula is C11H18N2OS. The van der Waals surface area contributed by atoms with Crippen LogP contribution in [0.5, 0.6) is 0 Å². The largest absolute Gasteiger partial charge is 0.388 e. The molecule has 2 atom stereocenters. The van der Waals surface area contributed by atoms with E-state index < -0.39 is 5.60 Å². The van der Waals surface area contributed by atoms with Crippen molar-refractivity contribution in [3.63, 3.8) is 0 Å². The number of hydrogen-bond acceptors (Lipinski definition) is 4. The third-order valence-corrected chi connectivity index (χ3v) is 3.97. The molecule has 0 saturated carbocycles. The second-order valence-electron chi connectivity index (χ2n) is 4.73. The normalized spacial score (nSPS) is 32.4. The minimum absolute atomic E-state index is 0.467. The van der Waals surface area contributed by atoms with Crippen molar-refractivity contribution >= 4 is 11.3 Å². The monoisotopic (exact) mass is 226 g/mol. The molecule has 2 heterocycles. The maximum atomic E-state index is 10.4. The molecule has 0 aromatic carbocycles. The van der Waals surface area contributed by atoms with Gasteiger partial charge in [0, 0.05) is 24.4 Å². The van der Waals surface area contributed by atoms with Gasteiger partial charge in [-0.2, -0.15) is 0 Å². The zero-order valence-corrected chi connectivity index (χ0v) is 10.3. The fourth-order valence-corrected chi connectivity index (χ4v) is 2.96. The Hall–Kier alpha value is -0.450. The minimum atomic E-state index is -0.575. The van der Waals surface area contributed by atoms with Gasteiger partial charge >= 0.3 is 0 Å². The second kappa shape index (κ2) is 3.85. The third-order valence-electron chi connectivity index (χ3n) is 3.15. The number of nitrogens with zero attached hydrogens (tertiary/aromatic N) is 2. The van der Waals surface area contributed by atoms with Gasteiger partial charge in [0.1, 0.15) is 0 Å². The van der Waals surface area contributed by atoms with Crippen molar-refractivity contribution in [2.45, 2.75) is 38.3 Å². The average molecular weight is 226 g/mol. The zero-order chi connectivity index (χ0) is 11.1. The number of hydrogen-bond donors (Lipinski definition) is 1. The number of thiazole rings is 1. The van der Waals surface area contributed by atoms with E-state index in [2.05, 4.69) is 29.2 Å². The molecule has 1 saturated heterocycles. The Morgan fingerprint density at radius 3 is 2.93 bits per heavy atom. The highest BCUT2D eigenvalue weighted by Crippen LogP contribution is 2.29. The van der Waals surface area contributed by atoms with Gasteiger partial charge in [-0.1, -0.05) is 0 Å². The number of aliphatic hydroxyl groups is 1. The molecule has 0 radical (unpaired) electrons. The van der Waals surface area contributed by atoms with E-state index >= 15 is 0 Å². The fourth-order valence-electron chi connectivity index (χ4n) is 2.34. The first-order valence-electron chi connectivity index (χ1n) is 5.32. The Bertz CT molecular complexity index is 340. The Balaban J connectivity index is 2.06. The summed E-state index contributed by atoms with van der Waals surface area (Å²) >= 11 is 1.65. The molecule has 1 aromatic rings. The van der Waals surface area contributed by atoms with Crippen LogP contribution in [0, 0.1) is 6.92 Å². The van der Waals surface area contributed by atoms with Crippen LogP contribution in [0.15, 0.2) is 5.38 Å². The summed E-state index contributed by atoms with van der Waals surface area (Å²) in [5.41, 5.74) is 0.455. The molecular weight excluding hydrogens is 208 g/mol. The maximum absolute atomic E-state index is 10.4. The van der Waals surface area contributed by atoms with E-state index in [4.69, 9.17) is 0 Å². The zero-order valence-electron chi connectivity index (χ0n) is 9.53. The number of aromatic nitrogens is 1. The molecule has 0 bridgehead atoms. The molecule has 2 unspecified atom stereocenters. The summed E-state index contributed by atoms with van der Waals surface area (Å²) in [7, 11) is 2.06. The Morgan fingerprint density at radius 1 is 1.73 bits per heavy atom. The molecule has 84 valence electrons. The molecule has 1 aromatic heterocycles. The fraction of sp³-hybridized carbons (Fsp3) is 0.727. The Labute approximate surface area is 94.8 Å². The molecule has 1 aliphatic rings. The van der Waals surface area contributed by atoms with Crippen molar-refractivity contribution in [2.75, 3.05) is 13.6 Å². The van der Waals surface area contributed by atoms with Gasteiger partial charge in [-0.3, -0.25) is 0 Å². The van der Waals surface area contributed by atoms with E-state index in [1.54, 1.807) is 11.3 Å². The molecule has 4 heteroatoms. The molecule has 0 spiro atoms. The Kier molecular flexibility index (Phi) is 2.83. The lowest BCUT2D eigenvalue weighted by atomic mass is 9.95. The number of aryl methyl sites for hydroxylation is 1. The standard InChI is InChI=1S/C11H18N2OS/c1-8-4-11(14,7-13(8)3)5-10-6-15-9(2)12-10/h6,8,14H,4-5,7H2,1-3H3. The molecule has 1 fully saturated rings. The van der Waals surface area contributed by atoms with Crippen LogP contribution in [0.2, 0.25) is 0 Å². The van der Waals surface area contributed by atoms with Crippen molar-refractivity contribution < 1.29 is 5.11 Å². The summed E-state index contributed by atoms with van der Waals surface area (Å²) in [4.78, 5) is 6.62. The van der Waals surface area contributed by atoms with E-state index in [0.29, 0.717) is 12.5 Å². The van der Waals surface area contributed by atoms with E-state index in [1.165, 1.54) is 0 Å². The number of β-amino-alcohol motifs (C(OH)–C–C–N with tert-alkyl or cyclic N) is 1. The summed E-state index contributed by atoms with van der Waals surface area (Å²) in [6.07, 6.45) is 1.53. The Morgan fingerprint density at radius 2 is 2.47 bits per heavy atom. The molecule has 0 aliphatic carbocycles. The summed E-state index contributed by atoms with van der Waals surface area (Å²) < 4.78 is 0. The molecule has 1 N–H and O–H groups in total. The summed E-state index contributed by atoms with van der Waals surface area (Å²) in [6.45, 7) is 4.91. The lowest BCUT2D eigenvalue weighted by Crippen LogP contribution is -2.34. The highest BCUT2D eigenvalue weighted by Gasteiger charge is 2.39. The predicted octanol–water partition coefficient (Wildman–Crippen LogP) is 1.45. The van der Waals surface area contributed by atoms with Crippen molar-refractivity contribution in [3.8, 4) is 0 Å². The number of rotatable bonds is 2. The number of likely N-dealkylation sites (N-methyl/N-ethyl adjacent to an activating group) is 1. The topological polar surface area (TPSA) is 36.4 Å². The van der Waals surface area contributed by atoms with Gasteiger partial charge in [0.2, 0.25) is 0 Å². The van der Waals surface area contributed by atoms with Crippen LogP contribution in [0.1, 0.15) is 24.0 Å². The first kappa shape index (κ1) is 11.0. The van der Waals surface area contributed by atoms with E-state index in [1.807, 2.05) is 6.92 Å². The average Bonchev–Trinajstić information content (AvgIpc) is 2.59. The van der Waals surface area contributed by atoms with Gasteiger partial charge in [0.25, 0.3) is 0 Å². The smallest absolute Gasteiger partial charge is 0.0897 e. The van der Waals surface area contributed by atoms with Gasteiger partial charge < -0.3 is 10.0 Å². The molecule has 3 nitrogen and oxygen atoms in total. The van der Waals surface area contributed by atoms with Crippen molar-refractivity contribution in [1.29, 1.82) is 0 Å². The van der Waals surface area contributed by atoms with Crippen LogP contribution in [-0.2, 0) is 6.42 Å². The van der Waals surface area contributed by atoms with Crippen LogP contribution in [0.25, 0.3) is 0 Å². The van der Waals surface area contributed by atoms with Gasteiger partial charge in [0.05, 0.1) is 16.3 Å². The second-order valence-corrected chi connectivity index (χ2v) is 5.79. The quantitative estimate of drug-likeness (QED) is 0.829. The summed E-state index contributed by atoms with van der Waals surface area (Å²) in [5, 5.41) is 13.5. The van der Waals surface area contributed by atoms with Crippen LogP contribution in [0.3, 0.4) is 0 Å². The van der Waals surface area contributed by atoms with Crippen molar-refractivity contribution in [3.05, 3.63) is 16.1 Å². The van der Waals surface area contributed by atoms with Crippen LogP contribution in [-0.4, -0.2) is 40.2 Å². The first-order chi connectivity index (χ1) is 6.98. The van der Waals surface area contributed by atoms with Crippen LogP contribution >= 0.6 is 11.3 Å². The SMILES string of the molecule is Cc1nc(CC2(O)CC(C)N(C)C2)cs1. The first-order valence-corrected chi connectivity index (χ1v) is 6.20. The summed E-state index contributed by atoms with van der Waals surface area (Å²) in [6, 6.07) is 0.467. The van der Waals surface area contributed by atoms with E-state index in [0.717, 1.165) is 23.7 Å². The van der Waals surface area contributed by atoms with E-state index in [9.17, 15) is 5.11 Å². The lowest BCUT2D eigenvalue weighted by molar-refractivity contribution is 0.0512. The van der Waals surface area contributed by atoms with Crippen molar-refractivity contribution in [2.24, 2.45) is 0 Å². The van der Waals surface area contributed by atoms with Gasteiger partial charge in [-0.15, -0.1) is 11.3 Å². The highest BCUT2D eigenvalue weighted by molar-refractivity contribution is 7.09. The maximum Gasteiger partial charge on any atom is 0.0897 e. The predicted molar refractivity (Wildman–Crippen MR) is 62.2 cm³/mol. The number of likely N-dealkylation sites (tertiary alicyclic amines) is 1. The molecule has 1 aliphatic heterocycles. The summed E-state index contributed by atoms with van der Waals surface area (Å²) in [5.74, 6) is 0.